The van der Waals surface area contributed by atoms with E-state index < -0.39 is 0 Å². The maximum Gasteiger partial charge on any atom is 0.266 e. The number of aromatic nitrogens is 2. The summed E-state index contributed by atoms with van der Waals surface area (Å²) in [4.78, 5) is 6.76. The SMILES string of the molecule is C1CCN(c2noc(CC3CSCCN3)n2)CC1. The van der Waals surface area contributed by atoms with Crippen LogP contribution in [0.1, 0.15) is 25.2 Å². The van der Waals surface area contributed by atoms with Gasteiger partial charge in [0.1, 0.15) is 0 Å². The predicted octanol–water partition coefficient (Wildman–Crippen LogP) is 1.31. The van der Waals surface area contributed by atoms with Crippen LogP contribution in [0.15, 0.2) is 4.52 Å². The van der Waals surface area contributed by atoms with Crippen molar-refractivity contribution in [1.29, 1.82) is 0 Å². The fraction of sp³-hybridized carbons (Fsp3) is 0.833. The van der Waals surface area contributed by atoms with Crippen molar-refractivity contribution in [3.8, 4) is 0 Å². The Kier molecular flexibility index (Phi) is 4.05. The molecule has 0 aliphatic carbocycles. The van der Waals surface area contributed by atoms with Crippen molar-refractivity contribution in [3.63, 3.8) is 0 Å². The van der Waals surface area contributed by atoms with Crippen LogP contribution in [0.25, 0.3) is 0 Å². The highest BCUT2D eigenvalue weighted by molar-refractivity contribution is 7.99. The van der Waals surface area contributed by atoms with E-state index in [1.54, 1.807) is 0 Å². The van der Waals surface area contributed by atoms with Crippen molar-refractivity contribution in [2.45, 2.75) is 31.7 Å². The van der Waals surface area contributed by atoms with Crippen molar-refractivity contribution in [3.05, 3.63) is 5.89 Å². The summed E-state index contributed by atoms with van der Waals surface area (Å²) in [6.45, 7) is 3.22. The van der Waals surface area contributed by atoms with Gasteiger partial charge < -0.3 is 14.7 Å². The molecular weight excluding hydrogens is 248 g/mol. The molecule has 6 heteroatoms. The molecule has 0 spiro atoms. The summed E-state index contributed by atoms with van der Waals surface area (Å²) in [6.07, 6.45) is 4.66. The number of hydrogen-bond donors (Lipinski definition) is 1. The first-order chi connectivity index (χ1) is 8.92. The van der Waals surface area contributed by atoms with Gasteiger partial charge in [0.25, 0.3) is 5.95 Å². The Labute approximate surface area is 112 Å². The molecule has 100 valence electrons. The molecule has 1 aromatic rings. The quantitative estimate of drug-likeness (QED) is 0.892. The van der Waals surface area contributed by atoms with Gasteiger partial charge in [-0.25, -0.2) is 0 Å². The van der Waals surface area contributed by atoms with Crippen LogP contribution in [-0.2, 0) is 6.42 Å². The molecule has 0 radical (unpaired) electrons. The molecule has 5 nitrogen and oxygen atoms in total. The predicted molar refractivity (Wildman–Crippen MR) is 73.2 cm³/mol. The molecule has 1 aromatic heterocycles. The molecule has 2 aliphatic rings. The number of anilines is 1. The zero-order chi connectivity index (χ0) is 12.2. The first-order valence-electron chi connectivity index (χ1n) is 6.80. The molecule has 0 saturated carbocycles. The summed E-state index contributed by atoms with van der Waals surface area (Å²) in [7, 11) is 0. The third-order valence-corrected chi connectivity index (χ3v) is 4.65. The summed E-state index contributed by atoms with van der Waals surface area (Å²) < 4.78 is 5.37. The lowest BCUT2D eigenvalue weighted by Crippen LogP contribution is -2.39. The number of piperidine rings is 1. The topological polar surface area (TPSA) is 54.2 Å². The van der Waals surface area contributed by atoms with Crippen LogP contribution >= 0.6 is 11.8 Å². The molecule has 3 rings (SSSR count). The first-order valence-corrected chi connectivity index (χ1v) is 7.96. The Morgan fingerprint density at radius 1 is 1.33 bits per heavy atom. The van der Waals surface area contributed by atoms with Crippen LogP contribution in [-0.4, -0.2) is 47.3 Å². The normalized spacial score (nSPS) is 25.3. The van der Waals surface area contributed by atoms with Crippen LogP contribution in [0, 0.1) is 0 Å². The molecule has 3 heterocycles. The van der Waals surface area contributed by atoms with Crippen molar-refractivity contribution in [2.75, 3.05) is 36.0 Å². The Hall–Kier alpha value is -0.750. The van der Waals surface area contributed by atoms with E-state index in [0.29, 0.717) is 6.04 Å². The first kappa shape index (κ1) is 12.3. The van der Waals surface area contributed by atoms with Gasteiger partial charge in [-0.1, -0.05) is 0 Å². The second-order valence-corrected chi connectivity index (χ2v) is 6.12. The molecule has 0 bridgehead atoms. The Bertz CT molecular complexity index is 372. The highest BCUT2D eigenvalue weighted by Gasteiger charge is 2.20. The van der Waals surface area contributed by atoms with Gasteiger partial charge in [-0.15, -0.1) is 0 Å². The van der Waals surface area contributed by atoms with E-state index in [2.05, 4.69) is 20.4 Å². The maximum atomic E-state index is 5.37. The standard InChI is InChI=1S/C12H20N4OS/c1-2-5-16(6-3-1)12-14-11(17-15-12)8-10-9-18-7-4-13-10/h10,13H,1-9H2. The Balaban J connectivity index is 1.58. The van der Waals surface area contributed by atoms with Crippen LogP contribution < -0.4 is 10.2 Å². The van der Waals surface area contributed by atoms with Gasteiger partial charge in [0.05, 0.1) is 0 Å². The lowest BCUT2D eigenvalue weighted by Gasteiger charge is -2.24. The molecule has 2 aliphatic heterocycles. The third kappa shape index (κ3) is 2.98. The lowest BCUT2D eigenvalue weighted by molar-refractivity contribution is 0.361. The fourth-order valence-corrected chi connectivity index (χ4v) is 3.46. The molecule has 1 unspecified atom stereocenters. The molecule has 1 N–H and O–H groups in total. The van der Waals surface area contributed by atoms with E-state index in [0.717, 1.165) is 43.6 Å². The third-order valence-electron chi connectivity index (χ3n) is 3.52. The zero-order valence-electron chi connectivity index (χ0n) is 10.6. The number of thioether (sulfide) groups is 1. The molecule has 2 saturated heterocycles. The number of nitrogens with one attached hydrogen (secondary N) is 1. The number of nitrogens with zero attached hydrogens (tertiary/aromatic N) is 3. The molecule has 0 amide bonds. The highest BCUT2D eigenvalue weighted by Crippen LogP contribution is 2.18. The summed E-state index contributed by atoms with van der Waals surface area (Å²) in [5, 5.41) is 7.60. The van der Waals surface area contributed by atoms with E-state index in [4.69, 9.17) is 4.52 Å². The average molecular weight is 268 g/mol. The molecule has 1 atom stereocenters. The summed E-state index contributed by atoms with van der Waals surface area (Å²) in [5.41, 5.74) is 0. The van der Waals surface area contributed by atoms with Gasteiger partial charge in [0, 0.05) is 43.6 Å². The monoisotopic (exact) mass is 268 g/mol. The summed E-state index contributed by atoms with van der Waals surface area (Å²) >= 11 is 1.99. The second kappa shape index (κ2) is 5.93. The van der Waals surface area contributed by atoms with E-state index >= 15 is 0 Å². The maximum absolute atomic E-state index is 5.37. The molecule has 0 aromatic carbocycles. The average Bonchev–Trinajstić information content (AvgIpc) is 2.89. The number of rotatable bonds is 3. The highest BCUT2D eigenvalue weighted by atomic mass is 32.2. The minimum Gasteiger partial charge on any atom is -0.338 e. The zero-order valence-corrected chi connectivity index (χ0v) is 11.4. The summed E-state index contributed by atoms with van der Waals surface area (Å²) in [6, 6.07) is 0.485. The molecule has 18 heavy (non-hydrogen) atoms. The number of hydrogen-bond acceptors (Lipinski definition) is 6. The lowest BCUT2D eigenvalue weighted by atomic mass is 10.1. The van der Waals surface area contributed by atoms with Crippen LogP contribution in [0.5, 0.6) is 0 Å². The van der Waals surface area contributed by atoms with Gasteiger partial charge in [-0.3, -0.25) is 0 Å². The van der Waals surface area contributed by atoms with E-state index in [1.165, 1.54) is 25.0 Å². The largest absolute Gasteiger partial charge is 0.338 e. The second-order valence-electron chi connectivity index (χ2n) is 4.97. The van der Waals surface area contributed by atoms with Gasteiger partial charge in [0.2, 0.25) is 5.89 Å². The molecular formula is C12H20N4OS. The Morgan fingerprint density at radius 2 is 2.22 bits per heavy atom. The van der Waals surface area contributed by atoms with Crippen LogP contribution in [0.4, 0.5) is 5.95 Å². The van der Waals surface area contributed by atoms with Crippen LogP contribution in [0.2, 0.25) is 0 Å². The van der Waals surface area contributed by atoms with E-state index in [9.17, 15) is 0 Å². The minimum atomic E-state index is 0.485. The van der Waals surface area contributed by atoms with Gasteiger partial charge in [-0.2, -0.15) is 16.7 Å². The van der Waals surface area contributed by atoms with E-state index in [1.807, 2.05) is 11.8 Å². The van der Waals surface area contributed by atoms with E-state index in [-0.39, 0.29) is 0 Å². The Morgan fingerprint density at radius 3 is 3.00 bits per heavy atom. The van der Waals surface area contributed by atoms with Crippen molar-refractivity contribution in [1.82, 2.24) is 15.5 Å². The molecule has 2 fully saturated rings. The smallest absolute Gasteiger partial charge is 0.266 e. The van der Waals surface area contributed by atoms with Gasteiger partial charge >= 0.3 is 0 Å². The van der Waals surface area contributed by atoms with Crippen molar-refractivity contribution in [2.24, 2.45) is 0 Å². The van der Waals surface area contributed by atoms with Crippen molar-refractivity contribution < 1.29 is 4.52 Å². The fourth-order valence-electron chi connectivity index (χ4n) is 2.51. The van der Waals surface area contributed by atoms with Crippen LogP contribution in [0.3, 0.4) is 0 Å². The van der Waals surface area contributed by atoms with Gasteiger partial charge in [0.15, 0.2) is 0 Å². The van der Waals surface area contributed by atoms with Gasteiger partial charge in [-0.05, 0) is 24.4 Å². The minimum absolute atomic E-state index is 0.485. The summed E-state index contributed by atoms with van der Waals surface area (Å²) in [5.74, 6) is 3.91. The van der Waals surface area contributed by atoms with Crippen molar-refractivity contribution >= 4 is 17.7 Å².